The fraction of sp³-hybridized carbons (Fsp3) is 0.579. The molecule has 0 atom stereocenters. The molecular weight excluding hydrogens is 400 g/mol. The summed E-state index contributed by atoms with van der Waals surface area (Å²) < 4.78 is 34.0. The number of carboxylic acid groups (broad SMARTS) is 1. The van der Waals surface area contributed by atoms with Gasteiger partial charge < -0.3 is 25.2 Å². The maximum atomic E-state index is 12.7. The third kappa shape index (κ3) is 8.28. The van der Waals surface area contributed by atoms with E-state index in [2.05, 4.69) is 0 Å². The van der Waals surface area contributed by atoms with Crippen molar-refractivity contribution in [1.82, 2.24) is 4.90 Å². The van der Waals surface area contributed by atoms with Crippen molar-refractivity contribution in [3.05, 3.63) is 23.8 Å². The van der Waals surface area contributed by atoms with E-state index in [0.29, 0.717) is 49.5 Å². The molecule has 0 spiro atoms. The van der Waals surface area contributed by atoms with Crippen LogP contribution in [0.2, 0.25) is 0 Å². The molecular formula is C19H30N2O7S. The molecule has 9 nitrogen and oxygen atoms in total. The van der Waals surface area contributed by atoms with Crippen LogP contribution in [-0.4, -0.2) is 75.2 Å². The van der Waals surface area contributed by atoms with Crippen LogP contribution in [0.15, 0.2) is 18.2 Å². The van der Waals surface area contributed by atoms with Gasteiger partial charge in [-0.15, -0.1) is 0 Å². The van der Waals surface area contributed by atoms with Crippen molar-refractivity contribution in [3.63, 3.8) is 0 Å². The van der Waals surface area contributed by atoms with E-state index in [4.69, 9.17) is 25.1 Å². The largest absolute Gasteiger partial charge is 0.493 e. The number of benzene rings is 1. The van der Waals surface area contributed by atoms with Gasteiger partial charge in [0.2, 0.25) is 0 Å². The predicted octanol–water partition coefficient (Wildman–Crippen LogP) is 1.16. The molecule has 3 N–H and O–H groups in total. The van der Waals surface area contributed by atoms with Gasteiger partial charge in [-0.1, -0.05) is 0 Å². The number of hydrogen-bond acceptors (Lipinski definition) is 7. The molecule has 0 bridgehead atoms. The van der Waals surface area contributed by atoms with Gasteiger partial charge in [-0.3, -0.25) is 9.59 Å². The summed E-state index contributed by atoms with van der Waals surface area (Å²) in [6.45, 7) is 2.05. The molecule has 1 aliphatic heterocycles. The molecule has 29 heavy (non-hydrogen) atoms. The number of amides is 1. The lowest BCUT2D eigenvalue weighted by Crippen LogP contribution is -2.42. The first kappa shape index (κ1) is 24.7. The van der Waals surface area contributed by atoms with Crippen molar-refractivity contribution in [2.24, 2.45) is 5.73 Å². The van der Waals surface area contributed by atoms with Crippen LogP contribution in [0, 0.1) is 0 Å². The molecule has 0 radical (unpaired) electrons. The first-order chi connectivity index (χ1) is 13.6. The quantitative estimate of drug-likeness (QED) is 0.615. The van der Waals surface area contributed by atoms with Crippen LogP contribution >= 0.6 is 0 Å². The maximum absolute atomic E-state index is 12.7. The number of carbonyl (C=O) groups is 2. The summed E-state index contributed by atoms with van der Waals surface area (Å²) in [5.41, 5.74) is 5.95. The van der Waals surface area contributed by atoms with Gasteiger partial charge in [0.1, 0.15) is 9.84 Å². The van der Waals surface area contributed by atoms with Gasteiger partial charge in [0.05, 0.1) is 25.2 Å². The normalized spacial score (nSPS) is 15.6. The van der Waals surface area contributed by atoms with Gasteiger partial charge in [-0.05, 0) is 44.0 Å². The van der Waals surface area contributed by atoms with Crippen LogP contribution in [0.3, 0.4) is 0 Å². The van der Waals surface area contributed by atoms with Crippen LogP contribution in [-0.2, 0) is 14.6 Å². The highest BCUT2D eigenvalue weighted by Crippen LogP contribution is 2.29. The van der Waals surface area contributed by atoms with Crippen molar-refractivity contribution in [2.75, 3.05) is 38.8 Å². The molecule has 0 saturated carbocycles. The summed E-state index contributed by atoms with van der Waals surface area (Å²) in [5.74, 6) is 0.327. The van der Waals surface area contributed by atoms with Crippen LogP contribution in [0.5, 0.6) is 11.5 Å². The SMILES string of the molecule is CC(=O)O.COc1ccc(C(=O)N(C)C2CCS(=O)(=O)CC2)cc1OCCCN. The lowest BCUT2D eigenvalue weighted by Gasteiger charge is -2.31. The Balaban J connectivity index is 0.000000960. The average molecular weight is 431 g/mol. The van der Waals surface area contributed by atoms with Gasteiger partial charge >= 0.3 is 0 Å². The van der Waals surface area contributed by atoms with Crippen LogP contribution in [0.1, 0.15) is 36.5 Å². The minimum absolute atomic E-state index is 0.0697. The molecule has 2 rings (SSSR count). The summed E-state index contributed by atoms with van der Waals surface area (Å²) in [5, 5.41) is 7.42. The molecule has 1 aliphatic rings. The van der Waals surface area contributed by atoms with Gasteiger partial charge in [0, 0.05) is 25.6 Å². The number of rotatable bonds is 7. The molecule has 1 amide bonds. The van der Waals surface area contributed by atoms with Crippen molar-refractivity contribution in [2.45, 2.75) is 32.2 Å². The minimum atomic E-state index is -2.95. The number of nitrogens with zero attached hydrogens (tertiary/aromatic N) is 1. The molecule has 164 valence electrons. The molecule has 1 aromatic carbocycles. The molecule has 1 fully saturated rings. The zero-order valence-corrected chi connectivity index (χ0v) is 17.9. The zero-order valence-electron chi connectivity index (χ0n) is 17.1. The van der Waals surface area contributed by atoms with E-state index < -0.39 is 15.8 Å². The number of aliphatic carboxylic acids is 1. The van der Waals surface area contributed by atoms with Crippen LogP contribution in [0.4, 0.5) is 0 Å². The monoisotopic (exact) mass is 430 g/mol. The van der Waals surface area contributed by atoms with E-state index in [1.54, 1.807) is 37.3 Å². The number of ether oxygens (including phenoxy) is 2. The Morgan fingerprint density at radius 3 is 2.34 bits per heavy atom. The number of nitrogens with two attached hydrogens (primary N) is 1. The fourth-order valence-corrected chi connectivity index (χ4v) is 4.29. The smallest absolute Gasteiger partial charge is 0.300 e. The van der Waals surface area contributed by atoms with Gasteiger partial charge in [0.15, 0.2) is 11.5 Å². The predicted molar refractivity (Wildman–Crippen MR) is 109 cm³/mol. The van der Waals surface area contributed by atoms with Crippen LogP contribution < -0.4 is 15.2 Å². The Morgan fingerprint density at radius 1 is 1.24 bits per heavy atom. The first-order valence-electron chi connectivity index (χ1n) is 9.29. The lowest BCUT2D eigenvalue weighted by atomic mass is 10.1. The van der Waals surface area contributed by atoms with Crippen molar-refractivity contribution in [3.8, 4) is 11.5 Å². The second-order valence-corrected chi connectivity index (χ2v) is 8.98. The lowest BCUT2D eigenvalue weighted by molar-refractivity contribution is -0.134. The Bertz CT molecular complexity index is 778. The van der Waals surface area contributed by atoms with E-state index in [-0.39, 0.29) is 23.5 Å². The number of hydrogen-bond donors (Lipinski definition) is 2. The third-order valence-electron chi connectivity index (χ3n) is 4.41. The summed E-state index contributed by atoms with van der Waals surface area (Å²) in [4.78, 5) is 23.4. The van der Waals surface area contributed by atoms with Crippen LogP contribution in [0.25, 0.3) is 0 Å². The number of methoxy groups -OCH3 is 1. The van der Waals surface area contributed by atoms with E-state index in [0.717, 1.165) is 6.92 Å². The Kier molecular flexibility index (Phi) is 9.90. The Morgan fingerprint density at radius 2 is 1.83 bits per heavy atom. The fourth-order valence-electron chi connectivity index (χ4n) is 2.82. The Labute approximate surface area is 171 Å². The van der Waals surface area contributed by atoms with Gasteiger partial charge in [-0.25, -0.2) is 8.42 Å². The topological polar surface area (TPSA) is 136 Å². The van der Waals surface area contributed by atoms with Gasteiger partial charge in [0.25, 0.3) is 11.9 Å². The standard InChI is InChI=1S/C17H26N2O5S.C2H4O2/c1-19(14-6-10-25(21,22)11-7-14)17(20)13-4-5-15(23-2)16(12-13)24-9-3-8-18;1-2(3)4/h4-5,12,14H,3,6-11,18H2,1-2H3;1H3,(H,3,4). The van der Waals surface area contributed by atoms with Gasteiger partial charge in [-0.2, -0.15) is 0 Å². The zero-order chi connectivity index (χ0) is 22.0. The second-order valence-electron chi connectivity index (χ2n) is 6.67. The summed E-state index contributed by atoms with van der Waals surface area (Å²) in [7, 11) is 0.302. The Hall–Kier alpha value is -2.33. The second kappa shape index (κ2) is 11.6. The highest BCUT2D eigenvalue weighted by atomic mass is 32.2. The van der Waals surface area contributed by atoms with E-state index in [1.165, 1.54) is 0 Å². The van der Waals surface area contributed by atoms with Crippen molar-refractivity contribution >= 4 is 21.7 Å². The summed E-state index contributed by atoms with van der Waals surface area (Å²) >= 11 is 0. The van der Waals surface area contributed by atoms with E-state index >= 15 is 0 Å². The van der Waals surface area contributed by atoms with E-state index in [9.17, 15) is 13.2 Å². The van der Waals surface area contributed by atoms with Crippen molar-refractivity contribution < 1.29 is 32.6 Å². The summed E-state index contributed by atoms with van der Waals surface area (Å²) in [6.07, 6.45) is 1.65. The number of carbonyl (C=O) groups excluding carboxylic acids is 1. The molecule has 1 heterocycles. The molecule has 1 saturated heterocycles. The minimum Gasteiger partial charge on any atom is -0.493 e. The molecule has 0 aromatic heterocycles. The highest BCUT2D eigenvalue weighted by molar-refractivity contribution is 7.91. The molecule has 0 aliphatic carbocycles. The number of sulfone groups is 1. The highest BCUT2D eigenvalue weighted by Gasteiger charge is 2.29. The molecule has 10 heteroatoms. The molecule has 0 unspecified atom stereocenters. The van der Waals surface area contributed by atoms with E-state index in [1.807, 2.05) is 0 Å². The third-order valence-corrected chi connectivity index (χ3v) is 6.12. The average Bonchev–Trinajstić information content (AvgIpc) is 2.66. The maximum Gasteiger partial charge on any atom is 0.300 e. The number of carboxylic acids is 1. The van der Waals surface area contributed by atoms with Crippen molar-refractivity contribution in [1.29, 1.82) is 0 Å². The molecule has 1 aromatic rings. The first-order valence-corrected chi connectivity index (χ1v) is 11.1. The summed E-state index contributed by atoms with van der Waals surface area (Å²) in [6, 6.07) is 4.98.